The van der Waals surface area contributed by atoms with Crippen molar-refractivity contribution < 1.29 is 49.0 Å². The van der Waals surface area contributed by atoms with Gasteiger partial charge in [0, 0.05) is 12.8 Å². The number of rotatable bonds is 44. The number of aliphatic hydroxyl groups excluding tert-OH is 4. The van der Waals surface area contributed by atoms with E-state index in [2.05, 4.69) is 38.2 Å². The van der Waals surface area contributed by atoms with Crippen LogP contribution in [0.5, 0.6) is 0 Å². The molecule has 62 heavy (non-hydrogen) atoms. The minimum Gasteiger partial charge on any atom is -0.462 e. The second-order valence-corrected chi connectivity index (χ2v) is 18.0. The molecule has 1 saturated heterocycles. The zero-order valence-electron chi connectivity index (χ0n) is 39.9. The van der Waals surface area contributed by atoms with Crippen LogP contribution in [-0.4, -0.2) is 89.0 Å². The molecule has 10 heteroatoms. The van der Waals surface area contributed by atoms with E-state index in [0.717, 1.165) is 44.9 Å². The van der Waals surface area contributed by atoms with Crippen LogP contribution in [0.3, 0.4) is 0 Å². The Hall–Kier alpha value is -1.82. The number of carbonyl (C=O) groups is 2. The van der Waals surface area contributed by atoms with E-state index < -0.39 is 49.4 Å². The molecule has 0 bridgehead atoms. The summed E-state index contributed by atoms with van der Waals surface area (Å²) in [6.45, 7) is 3.42. The van der Waals surface area contributed by atoms with Gasteiger partial charge in [-0.25, -0.2) is 0 Å². The maximum atomic E-state index is 12.8. The van der Waals surface area contributed by atoms with Crippen LogP contribution in [-0.2, 0) is 28.5 Å². The van der Waals surface area contributed by atoms with Gasteiger partial charge in [-0.2, -0.15) is 0 Å². The van der Waals surface area contributed by atoms with E-state index in [1.54, 1.807) is 0 Å². The van der Waals surface area contributed by atoms with Crippen molar-refractivity contribution in [2.45, 2.75) is 275 Å². The number of aliphatic hydroxyl groups is 4. The Morgan fingerprint density at radius 1 is 0.500 bits per heavy atom. The van der Waals surface area contributed by atoms with Gasteiger partial charge in [0.15, 0.2) is 12.4 Å². The van der Waals surface area contributed by atoms with Crippen molar-refractivity contribution in [1.82, 2.24) is 0 Å². The number of carbonyl (C=O) groups excluding carboxylic acids is 2. The topological polar surface area (TPSA) is 152 Å². The summed E-state index contributed by atoms with van der Waals surface area (Å²) < 4.78 is 22.2. The van der Waals surface area contributed by atoms with Crippen LogP contribution < -0.4 is 0 Å². The molecule has 364 valence electrons. The van der Waals surface area contributed by atoms with Crippen LogP contribution in [0.15, 0.2) is 24.3 Å². The Bertz CT molecular complexity index is 1060. The number of hydrogen-bond donors (Lipinski definition) is 4. The third-order valence-electron chi connectivity index (χ3n) is 12.1. The molecule has 1 heterocycles. The maximum absolute atomic E-state index is 12.8. The lowest BCUT2D eigenvalue weighted by atomic mass is 9.99. The number of ether oxygens (including phenoxy) is 4. The molecule has 0 radical (unpaired) electrons. The quantitative estimate of drug-likeness (QED) is 0.0264. The van der Waals surface area contributed by atoms with Gasteiger partial charge >= 0.3 is 11.9 Å². The van der Waals surface area contributed by atoms with Crippen molar-refractivity contribution in [2.75, 3.05) is 19.8 Å². The van der Waals surface area contributed by atoms with E-state index in [9.17, 15) is 30.0 Å². The summed E-state index contributed by atoms with van der Waals surface area (Å²) in [6, 6.07) is 0. The van der Waals surface area contributed by atoms with Crippen LogP contribution in [0.4, 0.5) is 0 Å². The molecule has 1 fully saturated rings. The number of allylic oxidation sites excluding steroid dienone is 4. The van der Waals surface area contributed by atoms with Gasteiger partial charge in [0.25, 0.3) is 0 Å². The molecule has 0 saturated carbocycles. The molecule has 0 aromatic rings. The van der Waals surface area contributed by atoms with E-state index in [0.29, 0.717) is 6.42 Å². The summed E-state index contributed by atoms with van der Waals surface area (Å²) >= 11 is 0. The third-order valence-corrected chi connectivity index (χ3v) is 12.1. The lowest BCUT2D eigenvalue weighted by Crippen LogP contribution is -2.59. The van der Waals surface area contributed by atoms with Gasteiger partial charge in [0.1, 0.15) is 31.0 Å². The average molecular weight is 881 g/mol. The Kier molecular flexibility index (Phi) is 40.4. The normalized spacial score (nSPS) is 19.7. The molecule has 0 aromatic heterocycles. The molecule has 1 aliphatic rings. The summed E-state index contributed by atoms with van der Waals surface area (Å²) in [7, 11) is 0. The highest BCUT2D eigenvalue weighted by atomic mass is 16.7. The molecule has 2 unspecified atom stereocenters. The van der Waals surface area contributed by atoms with E-state index in [1.807, 2.05) is 0 Å². The first-order valence-electron chi connectivity index (χ1n) is 25.9. The molecule has 0 aliphatic carbocycles. The highest BCUT2D eigenvalue weighted by Crippen LogP contribution is 2.23. The van der Waals surface area contributed by atoms with E-state index in [4.69, 9.17) is 18.9 Å². The zero-order valence-corrected chi connectivity index (χ0v) is 39.9. The molecule has 0 aromatic carbocycles. The van der Waals surface area contributed by atoms with Crippen LogP contribution >= 0.6 is 0 Å². The standard InChI is InChI=1S/C52H96O10/c1-3-5-7-9-11-13-15-17-19-20-21-22-23-24-25-27-28-30-32-34-36-38-40-47(54)59-43-45(44-60-52-51(58)50(57)49(56)46(42-53)62-52)61-48(55)41-39-37-35-33-31-29-26-18-16-14-12-10-8-6-4-2/h18,26,31,33,45-46,49-53,56-58H,3-17,19-25,27-30,32,34-44H2,1-2H3/b26-18+,33-31+/t45-,46-,49+,50?,51?,52-/m0/s1. The molecule has 6 atom stereocenters. The second kappa shape index (κ2) is 43.1. The van der Waals surface area contributed by atoms with Gasteiger partial charge in [-0.05, 0) is 44.9 Å². The Labute approximate surface area is 379 Å². The zero-order chi connectivity index (χ0) is 45.1. The summed E-state index contributed by atoms with van der Waals surface area (Å²) in [6.07, 6.45) is 42.0. The SMILES string of the molecule is CCCCCCCC/C=C/C/C=C/CCCCC(=O)O[C@@H](COC(=O)CCCCCCCCCCCCCCCCCCCCCCCC)CO[C@H]1O[C@@H](CO)[C@@H](O)C(O)C1O. The van der Waals surface area contributed by atoms with Crippen molar-refractivity contribution in [3.05, 3.63) is 24.3 Å². The minimum atomic E-state index is -1.60. The second-order valence-electron chi connectivity index (χ2n) is 18.0. The lowest BCUT2D eigenvalue weighted by molar-refractivity contribution is -0.305. The molecular weight excluding hydrogens is 785 g/mol. The summed E-state index contributed by atoms with van der Waals surface area (Å²) in [5.41, 5.74) is 0. The molecule has 0 spiro atoms. The number of unbranched alkanes of at least 4 members (excludes halogenated alkanes) is 29. The van der Waals surface area contributed by atoms with Gasteiger partial charge in [0.05, 0.1) is 13.2 Å². The number of hydrogen-bond acceptors (Lipinski definition) is 10. The maximum Gasteiger partial charge on any atom is 0.306 e. The predicted molar refractivity (Wildman–Crippen MR) is 252 cm³/mol. The van der Waals surface area contributed by atoms with Crippen molar-refractivity contribution >= 4 is 11.9 Å². The van der Waals surface area contributed by atoms with Gasteiger partial charge in [0.2, 0.25) is 0 Å². The minimum absolute atomic E-state index is 0.190. The molecule has 1 aliphatic heterocycles. The van der Waals surface area contributed by atoms with Gasteiger partial charge in [-0.3, -0.25) is 9.59 Å². The van der Waals surface area contributed by atoms with E-state index in [-0.39, 0.29) is 32.0 Å². The summed E-state index contributed by atoms with van der Waals surface area (Å²) in [4.78, 5) is 25.4. The smallest absolute Gasteiger partial charge is 0.306 e. The Balaban J connectivity index is 2.24. The fourth-order valence-corrected chi connectivity index (χ4v) is 7.99. The Morgan fingerprint density at radius 2 is 0.903 bits per heavy atom. The highest BCUT2D eigenvalue weighted by molar-refractivity contribution is 5.70. The number of esters is 2. The average Bonchev–Trinajstić information content (AvgIpc) is 3.27. The first-order valence-corrected chi connectivity index (χ1v) is 25.9. The molecule has 1 rings (SSSR count). The van der Waals surface area contributed by atoms with Crippen LogP contribution in [0.25, 0.3) is 0 Å². The molecule has 0 amide bonds. The predicted octanol–water partition coefficient (Wildman–Crippen LogP) is 12.1. The van der Waals surface area contributed by atoms with Crippen molar-refractivity contribution in [3.63, 3.8) is 0 Å². The molecule has 10 nitrogen and oxygen atoms in total. The monoisotopic (exact) mass is 881 g/mol. The molecular formula is C52H96O10. The summed E-state index contributed by atoms with van der Waals surface area (Å²) in [5.74, 6) is -0.833. The van der Waals surface area contributed by atoms with Gasteiger partial charge in [-0.15, -0.1) is 0 Å². The van der Waals surface area contributed by atoms with Crippen LogP contribution in [0.2, 0.25) is 0 Å². The van der Waals surface area contributed by atoms with Gasteiger partial charge in [-0.1, -0.05) is 205 Å². The van der Waals surface area contributed by atoms with Gasteiger partial charge < -0.3 is 39.4 Å². The first-order chi connectivity index (χ1) is 30.3. The van der Waals surface area contributed by atoms with Crippen LogP contribution in [0.1, 0.15) is 239 Å². The fourth-order valence-electron chi connectivity index (χ4n) is 7.99. The largest absolute Gasteiger partial charge is 0.462 e. The third kappa shape index (κ3) is 33.7. The molecule has 4 N–H and O–H groups in total. The van der Waals surface area contributed by atoms with Crippen molar-refractivity contribution in [1.29, 1.82) is 0 Å². The fraction of sp³-hybridized carbons (Fsp3) is 0.885. The van der Waals surface area contributed by atoms with Crippen LogP contribution in [0, 0.1) is 0 Å². The van der Waals surface area contributed by atoms with Crippen molar-refractivity contribution in [2.24, 2.45) is 0 Å². The van der Waals surface area contributed by atoms with Crippen molar-refractivity contribution in [3.8, 4) is 0 Å². The lowest BCUT2D eigenvalue weighted by Gasteiger charge is -2.39. The Morgan fingerprint density at radius 3 is 1.37 bits per heavy atom. The van der Waals surface area contributed by atoms with E-state index >= 15 is 0 Å². The summed E-state index contributed by atoms with van der Waals surface area (Å²) in [5, 5.41) is 40.2. The highest BCUT2D eigenvalue weighted by Gasteiger charge is 2.44. The van der Waals surface area contributed by atoms with E-state index in [1.165, 1.54) is 161 Å². The first kappa shape index (κ1) is 58.2.